The van der Waals surface area contributed by atoms with Gasteiger partial charge in [0.05, 0.1) is 17.1 Å². The second-order valence-electron chi connectivity index (χ2n) is 9.53. The van der Waals surface area contributed by atoms with Crippen molar-refractivity contribution in [3.05, 3.63) is 52.5 Å². The van der Waals surface area contributed by atoms with E-state index in [1.165, 1.54) is 16.9 Å². The van der Waals surface area contributed by atoms with Gasteiger partial charge < -0.3 is 10.6 Å². The zero-order valence-corrected chi connectivity index (χ0v) is 18.7. The molecule has 4 rings (SSSR count). The molecule has 6 heteroatoms. The van der Waals surface area contributed by atoms with Crippen LogP contribution in [0.25, 0.3) is 10.2 Å². The van der Waals surface area contributed by atoms with Crippen molar-refractivity contribution in [3.8, 4) is 0 Å². The van der Waals surface area contributed by atoms with Gasteiger partial charge in [-0.1, -0.05) is 30.3 Å². The molecule has 0 bridgehead atoms. The van der Waals surface area contributed by atoms with Crippen LogP contribution in [-0.2, 0) is 6.54 Å². The lowest BCUT2D eigenvalue weighted by Crippen LogP contribution is -2.62. The molecule has 2 aromatic heterocycles. The van der Waals surface area contributed by atoms with Crippen LogP contribution in [0.3, 0.4) is 0 Å². The van der Waals surface area contributed by atoms with Crippen molar-refractivity contribution in [1.29, 1.82) is 0 Å². The predicted molar refractivity (Wildman–Crippen MR) is 120 cm³/mol. The molecule has 1 amide bonds. The van der Waals surface area contributed by atoms with Gasteiger partial charge in [0.25, 0.3) is 5.91 Å². The Kier molecular flexibility index (Phi) is 5.03. The number of aromatic nitrogens is 2. The number of piperidine rings is 1. The van der Waals surface area contributed by atoms with E-state index in [4.69, 9.17) is 0 Å². The second kappa shape index (κ2) is 7.26. The Bertz CT molecular complexity index is 1020. The summed E-state index contributed by atoms with van der Waals surface area (Å²) >= 11 is 1.53. The topological polar surface area (TPSA) is 59.0 Å². The Morgan fingerprint density at radius 2 is 1.86 bits per heavy atom. The van der Waals surface area contributed by atoms with Crippen LogP contribution in [0.2, 0.25) is 0 Å². The molecule has 0 saturated carbocycles. The summed E-state index contributed by atoms with van der Waals surface area (Å²) in [6.07, 6.45) is 1.85. The Balaban J connectivity index is 1.55. The van der Waals surface area contributed by atoms with Crippen LogP contribution >= 0.6 is 11.3 Å². The summed E-state index contributed by atoms with van der Waals surface area (Å²) < 4.78 is 2.01. The van der Waals surface area contributed by atoms with Crippen LogP contribution in [0.1, 0.15) is 61.5 Å². The molecule has 0 aliphatic carbocycles. The number of nitrogens with zero attached hydrogens (tertiary/aromatic N) is 2. The largest absolute Gasteiger partial charge is 0.348 e. The number of rotatable bonds is 4. The third-order valence-corrected chi connectivity index (χ3v) is 6.68. The number of carbonyl (C=O) groups is 1. The lowest BCUT2D eigenvalue weighted by molar-refractivity contribution is 0.0877. The quantitative estimate of drug-likeness (QED) is 0.666. The van der Waals surface area contributed by atoms with E-state index >= 15 is 0 Å². The van der Waals surface area contributed by atoms with Crippen LogP contribution in [0, 0.1) is 6.92 Å². The molecule has 5 nitrogen and oxygen atoms in total. The van der Waals surface area contributed by atoms with Gasteiger partial charge in [0.15, 0.2) is 0 Å². The molecule has 2 N–H and O–H groups in total. The van der Waals surface area contributed by atoms with Gasteiger partial charge in [-0.2, -0.15) is 5.10 Å². The van der Waals surface area contributed by atoms with E-state index in [1.54, 1.807) is 0 Å². The molecule has 1 saturated heterocycles. The number of benzene rings is 1. The number of thiophene rings is 1. The number of aryl methyl sites for hydroxylation is 1. The molecule has 3 heterocycles. The summed E-state index contributed by atoms with van der Waals surface area (Å²) in [7, 11) is 0. The van der Waals surface area contributed by atoms with Crippen molar-refractivity contribution in [2.75, 3.05) is 0 Å². The van der Waals surface area contributed by atoms with Crippen molar-refractivity contribution >= 4 is 27.5 Å². The SMILES string of the molecule is Cc1nn(Cc2ccccc2)c2sc(C(=O)NC3CC(C)(C)NC(C)(C)C3)cc12. The van der Waals surface area contributed by atoms with Gasteiger partial charge in [0.2, 0.25) is 0 Å². The van der Waals surface area contributed by atoms with Crippen molar-refractivity contribution < 1.29 is 4.79 Å². The third kappa shape index (κ3) is 4.38. The zero-order chi connectivity index (χ0) is 20.8. The summed E-state index contributed by atoms with van der Waals surface area (Å²) in [5, 5.41) is 12.7. The molecular formula is C23H30N4OS. The van der Waals surface area contributed by atoms with Crippen molar-refractivity contribution in [1.82, 2.24) is 20.4 Å². The van der Waals surface area contributed by atoms with Gasteiger partial charge in [-0.25, -0.2) is 0 Å². The highest BCUT2D eigenvalue weighted by Crippen LogP contribution is 2.31. The maximum atomic E-state index is 13.0. The fourth-order valence-corrected chi connectivity index (χ4v) is 5.83. The van der Waals surface area contributed by atoms with Gasteiger partial charge in [-0.05, 0) is 59.1 Å². The molecule has 1 aliphatic rings. The normalized spacial score (nSPS) is 18.8. The highest BCUT2D eigenvalue weighted by Gasteiger charge is 2.38. The average Bonchev–Trinajstić information content (AvgIpc) is 3.15. The molecule has 1 aromatic carbocycles. The van der Waals surface area contributed by atoms with E-state index < -0.39 is 0 Å². The average molecular weight is 411 g/mol. The van der Waals surface area contributed by atoms with Crippen LogP contribution in [0.5, 0.6) is 0 Å². The monoisotopic (exact) mass is 410 g/mol. The first-order chi connectivity index (χ1) is 13.6. The van der Waals surface area contributed by atoms with E-state index in [-0.39, 0.29) is 23.0 Å². The van der Waals surface area contributed by atoms with Crippen molar-refractivity contribution in [2.45, 2.75) is 71.1 Å². The first-order valence-corrected chi connectivity index (χ1v) is 11.0. The number of hydrogen-bond acceptors (Lipinski definition) is 4. The van der Waals surface area contributed by atoms with E-state index in [1.807, 2.05) is 35.9 Å². The highest BCUT2D eigenvalue weighted by atomic mass is 32.1. The minimum absolute atomic E-state index is 0.00658. The summed E-state index contributed by atoms with van der Waals surface area (Å²) in [4.78, 5) is 14.9. The van der Waals surface area contributed by atoms with Crippen LogP contribution < -0.4 is 10.6 Å². The second-order valence-corrected chi connectivity index (χ2v) is 10.6. The minimum atomic E-state index is 0.00658. The van der Waals surface area contributed by atoms with E-state index in [2.05, 4.69) is 55.6 Å². The maximum absolute atomic E-state index is 13.0. The fourth-order valence-electron chi connectivity index (χ4n) is 4.77. The standard InChI is InChI=1S/C23H30N4OS/c1-15-18-11-19(20(28)24-17-12-22(2,3)26-23(4,5)13-17)29-21(18)27(25-15)14-16-9-7-6-8-10-16/h6-11,17,26H,12-14H2,1-5H3,(H,24,28). The van der Waals surface area contributed by atoms with Crippen molar-refractivity contribution in [3.63, 3.8) is 0 Å². The number of hydrogen-bond donors (Lipinski definition) is 2. The molecule has 154 valence electrons. The summed E-state index contributed by atoms with van der Waals surface area (Å²) in [5.41, 5.74) is 2.19. The van der Waals surface area contributed by atoms with E-state index in [9.17, 15) is 4.79 Å². The molecule has 0 spiro atoms. The zero-order valence-electron chi connectivity index (χ0n) is 17.9. The molecular weight excluding hydrogens is 380 g/mol. The lowest BCUT2D eigenvalue weighted by atomic mass is 9.79. The minimum Gasteiger partial charge on any atom is -0.348 e. The van der Waals surface area contributed by atoms with Gasteiger partial charge in [0.1, 0.15) is 4.83 Å². The van der Waals surface area contributed by atoms with Gasteiger partial charge >= 0.3 is 0 Å². The summed E-state index contributed by atoms with van der Waals surface area (Å²) in [6, 6.07) is 12.5. The fraction of sp³-hybridized carbons (Fsp3) is 0.478. The van der Waals surface area contributed by atoms with Gasteiger partial charge in [0, 0.05) is 22.5 Å². The van der Waals surface area contributed by atoms with Crippen LogP contribution in [0.15, 0.2) is 36.4 Å². The Morgan fingerprint density at radius 3 is 2.52 bits per heavy atom. The lowest BCUT2D eigenvalue weighted by Gasteiger charge is -2.46. The third-order valence-electron chi connectivity index (χ3n) is 5.53. The van der Waals surface area contributed by atoms with Gasteiger partial charge in [-0.15, -0.1) is 11.3 Å². The Morgan fingerprint density at radius 1 is 1.21 bits per heavy atom. The first kappa shape index (κ1) is 20.1. The van der Waals surface area contributed by atoms with Crippen LogP contribution in [0.4, 0.5) is 0 Å². The smallest absolute Gasteiger partial charge is 0.261 e. The van der Waals surface area contributed by atoms with Gasteiger partial charge in [-0.3, -0.25) is 9.48 Å². The molecule has 1 aliphatic heterocycles. The molecule has 1 fully saturated rings. The highest BCUT2D eigenvalue weighted by molar-refractivity contribution is 7.20. The molecule has 0 unspecified atom stereocenters. The number of nitrogens with one attached hydrogen (secondary N) is 2. The molecule has 29 heavy (non-hydrogen) atoms. The summed E-state index contributed by atoms with van der Waals surface area (Å²) in [6.45, 7) is 11.5. The first-order valence-electron chi connectivity index (χ1n) is 10.2. The van der Waals surface area contributed by atoms with E-state index in [0.717, 1.165) is 33.6 Å². The van der Waals surface area contributed by atoms with Crippen molar-refractivity contribution in [2.24, 2.45) is 0 Å². The Hall–Kier alpha value is -2.18. The van der Waals surface area contributed by atoms with E-state index in [0.29, 0.717) is 6.54 Å². The number of carbonyl (C=O) groups excluding carboxylic acids is 1. The molecule has 0 atom stereocenters. The number of fused-ring (bicyclic) bond motifs is 1. The predicted octanol–water partition coefficient (Wildman–Crippen LogP) is 4.49. The van der Waals surface area contributed by atoms with Crippen LogP contribution in [-0.4, -0.2) is 32.8 Å². The summed E-state index contributed by atoms with van der Waals surface area (Å²) in [5.74, 6) is 0.0235. The molecule has 0 radical (unpaired) electrons. The number of amides is 1. The maximum Gasteiger partial charge on any atom is 0.261 e. The Labute approximate surface area is 176 Å². The molecule has 3 aromatic rings.